The fourth-order valence-electron chi connectivity index (χ4n) is 3.56. The maximum atomic E-state index is 13.0. The van der Waals surface area contributed by atoms with Crippen LogP contribution in [-0.2, 0) is 15.3 Å². The Bertz CT molecular complexity index is 1240. The van der Waals surface area contributed by atoms with Crippen LogP contribution in [0.25, 0.3) is 0 Å². The highest BCUT2D eigenvalue weighted by atomic mass is 32.2. The number of nitrogens with one attached hydrogen (secondary N) is 1. The van der Waals surface area contributed by atoms with Crippen molar-refractivity contribution in [2.45, 2.75) is 23.9 Å². The molecule has 1 N–H and O–H groups in total. The number of rotatable bonds is 8. The number of carbonyl (C=O) groups is 1. The Hall–Kier alpha value is -3.92. The van der Waals surface area contributed by atoms with Gasteiger partial charge < -0.3 is 10.1 Å². The number of esters is 1. The van der Waals surface area contributed by atoms with E-state index in [-0.39, 0.29) is 17.9 Å². The number of hydrogen-bond acceptors (Lipinski definition) is 8. The van der Waals surface area contributed by atoms with Gasteiger partial charge in [-0.15, -0.1) is 5.10 Å². The van der Waals surface area contributed by atoms with Crippen LogP contribution in [0.4, 0.5) is 11.6 Å². The lowest BCUT2D eigenvalue weighted by molar-refractivity contribution is -0.385. The van der Waals surface area contributed by atoms with Crippen molar-refractivity contribution in [3.05, 3.63) is 99.8 Å². The number of ether oxygens (including phenoxy) is 1. The molecule has 0 radical (unpaired) electrons. The Kier molecular flexibility index (Phi) is 6.55. The van der Waals surface area contributed by atoms with E-state index in [1.54, 1.807) is 25.1 Å². The van der Waals surface area contributed by atoms with Gasteiger partial charge in [0.05, 0.1) is 16.1 Å². The molecule has 0 fully saturated rings. The molecule has 33 heavy (non-hydrogen) atoms. The predicted octanol–water partition coefficient (Wildman–Crippen LogP) is 4.50. The zero-order valence-electron chi connectivity index (χ0n) is 17.8. The summed E-state index contributed by atoms with van der Waals surface area (Å²) in [4.78, 5) is 28.8. The van der Waals surface area contributed by atoms with Crippen molar-refractivity contribution in [1.82, 2.24) is 14.8 Å². The van der Waals surface area contributed by atoms with Crippen molar-refractivity contribution in [2.75, 3.05) is 11.9 Å². The first-order valence-electron chi connectivity index (χ1n) is 10.1. The third kappa shape index (κ3) is 4.65. The third-order valence-electron chi connectivity index (χ3n) is 5.02. The number of nitrogens with zero attached hydrogens (tertiary/aromatic N) is 4. The summed E-state index contributed by atoms with van der Waals surface area (Å²) in [6.45, 7) is 5.29. The molecule has 168 valence electrons. The predicted molar refractivity (Wildman–Crippen MR) is 125 cm³/mol. The Morgan fingerprint density at radius 1 is 1.27 bits per heavy atom. The van der Waals surface area contributed by atoms with E-state index in [2.05, 4.69) is 22.0 Å². The smallest absolute Gasteiger partial charge is 0.338 e. The highest BCUT2D eigenvalue weighted by Gasteiger charge is 2.38. The van der Waals surface area contributed by atoms with Gasteiger partial charge in [-0.2, -0.15) is 4.98 Å². The molecule has 3 aromatic rings. The third-order valence-corrected chi connectivity index (χ3v) is 5.93. The second-order valence-corrected chi connectivity index (χ2v) is 8.15. The van der Waals surface area contributed by atoms with Gasteiger partial charge in [0.1, 0.15) is 12.6 Å². The van der Waals surface area contributed by atoms with E-state index in [1.165, 1.54) is 28.6 Å². The Morgan fingerprint density at radius 3 is 2.73 bits per heavy atom. The lowest BCUT2D eigenvalue weighted by atomic mass is 9.94. The molecule has 0 aliphatic carbocycles. The summed E-state index contributed by atoms with van der Waals surface area (Å²) in [7, 11) is 0. The molecule has 0 saturated carbocycles. The molecular weight excluding hydrogens is 442 g/mol. The maximum absolute atomic E-state index is 13.0. The molecule has 1 atom stereocenters. The molecule has 10 heteroatoms. The molecule has 1 aliphatic heterocycles. The van der Waals surface area contributed by atoms with Crippen LogP contribution in [0, 0.1) is 10.1 Å². The molecule has 1 aliphatic rings. The van der Waals surface area contributed by atoms with Crippen molar-refractivity contribution in [1.29, 1.82) is 0 Å². The average molecular weight is 464 g/mol. The number of fused-ring (bicyclic) bond motifs is 1. The molecule has 0 saturated heterocycles. The zero-order chi connectivity index (χ0) is 23.4. The minimum Gasteiger partial charge on any atom is -0.458 e. The summed E-state index contributed by atoms with van der Waals surface area (Å²) in [5.41, 5.74) is 2.03. The molecule has 0 spiro atoms. The monoisotopic (exact) mass is 463 g/mol. The van der Waals surface area contributed by atoms with Crippen LogP contribution in [0.3, 0.4) is 0 Å². The fraction of sp³-hybridized carbons (Fsp3) is 0.174. The van der Waals surface area contributed by atoms with Crippen LogP contribution in [0.15, 0.2) is 83.7 Å². The van der Waals surface area contributed by atoms with Gasteiger partial charge in [-0.25, -0.2) is 9.48 Å². The summed E-state index contributed by atoms with van der Waals surface area (Å²) in [6.07, 6.45) is 1.46. The largest absolute Gasteiger partial charge is 0.458 e. The quantitative estimate of drug-likeness (QED) is 0.171. The molecule has 1 aromatic heterocycles. The molecule has 4 rings (SSSR count). The lowest BCUT2D eigenvalue weighted by Gasteiger charge is -2.27. The van der Waals surface area contributed by atoms with E-state index in [4.69, 9.17) is 4.74 Å². The van der Waals surface area contributed by atoms with Gasteiger partial charge in [0.2, 0.25) is 11.1 Å². The minimum absolute atomic E-state index is 0.0155. The highest BCUT2D eigenvalue weighted by molar-refractivity contribution is 7.98. The van der Waals surface area contributed by atoms with E-state index in [9.17, 15) is 14.9 Å². The summed E-state index contributed by atoms with van der Waals surface area (Å²) in [6, 6.07) is 15.3. The van der Waals surface area contributed by atoms with Crippen LogP contribution in [0.1, 0.15) is 24.1 Å². The van der Waals surface area contributed by atoms with Crippen molar-refractivity contribution in [3.8, 4) is 0 Å². The number of anilines is 1. The van der Waals surface area contributed by atoms with E-state index >= 15 is 0 Å². The number of carbonyl (C=O) groups excluding carboxylic acids is 1. The normalized spacial score (nSPS) is 14.9. The lowest BCUT2D eigenvalue weighted by Crippen LogP contribution is -2.30. The first kappa shape index (κ1) is 22.3. The standard InChI is InChI=1S/C23H21N5O4S/c1-3-13-32-21(29)19-15(2)24-22-25-23(33-14-16-9-5-4-6-10-16)26-27(22)20(19)17-11-7-8-12-18(17)28(30)31/h3-12,20H,1,13-14H2,2H3,(H,24,25,26). The molecule has 9 nitrogen and oxygen atoms in total. The van der Waals surface area contributed by atoms with Crippen LogP contribution >= 0.6 is 11.8 Å². The summed E-state index contributed by atoms with van der Waals surface area (Å²) in [5.74, 6) is 0.440. The van der Waals surface area contributed by atoms with Crippen molar-refractivity contribution in [3.63, 3.8) is 0 Å². The average Bonchev–Trinajstić information content (AvgIpc) is 3.23. The van der Waals surface area contributed by atoms with Gasteiger partial charge in [-0.1, -0.05) is 66.9 Å². The number of hydrogen-bond donors (Lipinski definition) is 1. The number of nitro benzene ring substituents is 1. The van der Waals surface area contributed by atoms with Gasteiger partial charge >= 0.3 is 5.97 Å². The molecular formula is C23H21N5O4S. The van der Waals surface area contributed by atoms with Gasteiger partial charge in [0, 0.05) is 17.5 Å². The molecule has 1 unspecified atom stereocenters. The summed E-state index contributed by atoms with van der Waals surface area (Å²) >= 11 is 1.43. The number of benzene rings is 2. The molecule has 0 bridgehead atoms. The van der Waals surface area contributed by atoms with Crippen molar-refractivity contribution >= 4 is 29.4 Å². The maximum Gasteiger partial charge on any atom is 0.338 e. The van der Waals surface area contributed by atoms with Crippen LogP contribution < -0.4 is 5.32 Å². The van der Waals surface area contributed by atoms with Crippen molar-refractivity contribution in [2.24, 2.45) is 0 Å². The second kappa shape index (κ2) is 9.70. The van der Waals surface area contributed by atoms with Gasteiger partial charge in [0.25, 0.3) is 5.69 Å². The summed E-state index contributed by atoms with van der Waals surface area (Å²) in [5, 5.41) is 19.9. The Labute approximate surface area is 194 Å². The van der Waals surface area contributed by atoms with Crippen LogP contribution in [0.2, 0.25) is 0 Å². The fourth-order valence-corrected chi connectivity index (χ4v) is 4.35. The topological polar surface area (TPSA) is 112 Å². The number of para-hydroxylation sites is 1. The SMILES string of the molecule is C=CCOC(=O)C1=C(C)Nc2nc(SCc3ccccc3)nn2C1c1ccccc1[N+](=O)[O-]. The van der Waals surface area contributed by atoms with Gasteiger partial charge in [-0.3, -0.25) is 10.1 Å². The van der Waals surface area contributed by atoms with Gasteiger partial charge in [-0.05, 0) is 18.6 Å². The van der Waals surface area contributed by atoms with E-state index < -0.39 is 16.9 Å². The number of nitro groups is 1. The molecule has 2 heterocycles. The minimum atomic E-state index is -0.876. The highest BCUT2D eigenvalue weighted by Crippen LogP contribution is 2.40. The number of allylic oxidation sites excluding steroid dienone is 1. The number of aromatic nitrogens is 3. The zero-order valence-corrected chi connectivity index (χ0v) is 18.6. The Morgan fingerprint density at radius 2 is 2.00 bits per heavy atom. The van der Waals surface area contributed by atoms with E-state index in [0.29, 0.717) is 28.1 Å². The van der Waals surface area contributed by atoms with Gasteiger partial charge in [0.15, 0.2) is 0 Å². The van der Waals surface area contributed by atoms with E-state index in [1.807, 2.05) is 30.3 Å². The Balaban J connectivity index is 1.76. The van der Waals surface area contributed by atoms with Crippen molar-refractivity contribution < 1.29 is 14.5 Å². The molecule has 0 amide bonds. The first-order valence-corrected chi connectivity index (χ1v) is 11.1. The first-order chi connectivity index (χ1) is 16.0. The summed E-state index contributed by atoms with van der Waals surface area (Å²) < 4.78 is 6.80. The second-order valence-electron chi connectivity index (χ2n) is 7.21. The van der Waals surface area contributed by atoms with Crippen LogP contribution in [-0.4, -0.2) is 32.3 Å². The number of thioether (sulfide) groups is 1. The van der Waals surface area contributed by atoms with Crippen LogP contribution in [0.5, 0.6) is 0 Å². The van der Waals surface area contributed by atoms with E-state index in [0.717, 1.165) is 5.56 Å². The molecule has 2 aromatic carbocycles.